The highest BCUT2D eigenvalue weighted by atomic mass is 32.2. The number of carboxylic acids is 1. The summed E-state index contributed by atoms with van der Waals surface area (Å²) in [5, 5.41) is 34.4. The maximum Gasteiger partial charge on any atom is 0.405 e. The van der Waals surface area contributed by atoms with Gasteiger partial charge in [-0.25, -0.2) is 20.0 Å². The molecular formula is C39H60N10O14S2. The molecule has 26 heteroatoms. The van der Waals surface area contributed by atoms with Crippen molar-refractivity contribution in [3.63, 3.8) is 0 Å². The predicted molar refractivity (Wildman–Crippen MR) is 235 cm³/mol. The number of carboxylic acid groups (broad SMARTS) is 2. The molecule has 0 spiro atoms. The first kappa shape index (κ1) is 55.4. The third kappa shape index (κ3) is 16.6. The summed E-state index contributed by atoms with van der Waals surface area (Å²) in [6.45, 7) is 14.0. The summed E-state index contributed by atoms with van der Waals surface area (Å²) in [5.41, 5.74) is 2.60. The van der Waals surface area contributed by atoms with Gasteiger partial charge in [0, 0.05) is 37.4 Å². The van der Waals surface area contributed by atoms with Crippen LogP contribution in [0.1, 0.15) is 67.7 Å². The van der Waals surface area contributed by atoms with Crippen LogP contribution in [0.3, 0.4) is 0 Å². The van der Waals surface area contributed by atoms with E-state index in [4.69, 9.17) is 0 Å². The summed E-state index contributed by atoms with van der Waals surface area (Å²) in [7, 11) is 1.38. The Bertz CT molecular complexity index is 1870. The van der Waals surface area contributed by atoms with E-state index in [2.05, 4.69) is 43.9 Å². The maximum absolute atomic E-state index is 13.3. The van der Waals surface area contributed by atoms with Crippen molar-refractivity contribution in [3.05, 3.63) is 12.7 Å². The van der Waals surface area contributed by atoms with E-state index in [9.17, 15) is 67.7 Å². The Hall–Kier alpha value is -5.76. The van der Waals surface area contributed by atoms with Gasteiger partial charge in [0.1, 0.15) is 42.8 Å². The molecule has 0 aromatic heterocycles. The molecule has 10 N–H and O–H groups in total. The first-order valence-electron chi connectivity index (χ1n) is 20.6. The lowest BCUT2D eigenvalue weighted by atomic mass is 10.0. The number of likely N-dealkylation sites (N-methyl/N-ethyl adjacent to an activating group) is 1. The highest BCUT2D eigenvalue weighted by molar-refractivity contribution is 8.01. The topological polar surface area (TPSA) is 348 Å². The van der Waals surface area contributed by atoms with E-state index in [-0.39, 0.29) is 6.04 Å². The summed E-state index contributed by atoms with van der Waals surface area (Å²) >= 11 is 1.41. The van der Waals surface area contributed by atoms with Crippen molar-refractivity contribution >= 4 is 94.7 Å². The zero-order valence-electron chi connectivity index (χ0n) is 37.4. The van der Waals surface area contributed by atoms with Gasteiger partial charge in [0.25, 0.3) is 5.91 Å². The molecule has 2 aliphatic rings. The molecule has 362 valence electrons. The number of hydrazine groups is 1. The number of likely N-dealkylation sites (tertiary alicyclic amines) is 1. The molecule has 65 heavy (non-hydrogen) atoms. The van der Waals surface area contributed by atoms with E-state index in [1.54, 1.807) is 40.7 Å². The van der Waals surface area contributed by atoms with Gasteiger partial charge in [-0.1, -0.05) is 33.8 Å². The second kappa shape index (κ2) is 25.7. The van der Waals surface area contributed by atoms with Crippen LogP contribution in [-0.4, -0.2) is 169 Å². The minimum Gasteiger partial charge on any atom is -0.480 e. The molecule has 2 saturated heterocycles. The van der Waals surface area contributed by atoms with Crippen LogP contribution in [-0.2, 0) is 52.7 Å². The lowest BCUT2D eigenvalue weighted by Crippen LogP contribution is -2.58. The number of hydrogen-bond donors (Lipinski definition) is 10. The van der Waals surface area contributed by atoms with Gasteiger partial charge in [0.05, 0.1) is 10.5 Å². The summed E-state index contributed by atoms with van der Waals surface area (Å²) in [6, 6.07) is -7.79. The van der Waals surface area contributed by atoms with E-state index in [0.717, 1.165) is 0 Å². The fraction of sp³-hybridized carbons (Fsp3) is 0.641. The Balaban J connectivity index is 2.04. The van der Waals surface area contributed by atoms with Gasteiger partial charge in [-0.05, 0) is 39.0 Å². The SMILES string of the molecule is C=CCC(C)NC(=O)[C@H](C)NC(=O)[C@@H](NC(=O)CN1C(=O)CC(SCC(NC(=O)O)C(=O)NC(CSC2CC(=O)N(N[C@H](C(=O)N[C@@H](C)C(=O)NC)C(C)C)C2=O)C(=O)O)C1=O)C(C)C. The molecule has 0 aromatic carbocycles. The van der Waals surface area contributed by atoms with Crippen LogP contribution >= 0.6 is 23.5 Å². The molecule has 2 fully saturated rings. The number of carbonyl (C=O) groups is 12. The average Bonchev–Trinajstić information content (AvgIpc) is 3.64. The van der Waals surface area contributed by atoms with Crippen LogP contribution in [0.2, 0.25) is 0 Å². The molecule has 9 atom stereocenters. The van der Waals surface area contributed by atoms with Crippen LogP contribution in [0.4, 0.5) is 4.79 Å². The third-order valence-electron chi connectivity index (χ3n) is 9.91. The number of thioether (sulfide) groups is 2. The molecule has 2 aliphatic heterocycles. The van der Waals surface area contributed by atoms with Gasteiger partial charge in [-0.15, -0.1) is 30.1 Å². The Morgan fingerprint density at radius 3 is 1.71 bits per heavy atom. The van der Waals surface area contributed by atoms with Crippen molar-refractivity contribution in [1.29, 1.82) is 0 Å². The molecular weight excluding hydrogens is 897 g/mol. The second-order valence-corrected chi connectivity index (χ2v) is 18.5. The van der Waals surface area contributed by atoms with E-state index in [1.165, 1.54) is 20.9 Å². The van der Waals surface area contributed by atoms with E-state index in [1.807, 2.05) is 5.32 Å². The zero-order chi connectivity index (χ0) is 49.5. The van der Waals surface area contributed by atoms with Crippen molar-refractivity contribution in [2.24, 2.45) is 11.8 Å². The van der Waals surface area contributed by atoms with E-state index >= 15 is 0 Å². The molecule has 2 rings (SSSR count). The molecule has 0 aromatic rings. The summed E-state index contributed by atoms with van der Waals surface area (Å²) in [5.74, 6) is -10.9. The van der Waals surface area contributed by atoms with Crippen molar-refractivity contribution in [3.8, 4) is 0 Å². The summed E-state index contributed by atoms with van der Waals surface area (Å²) in [4.78, 5) is 154. The minimum absolute atomic E-state index is 0.238. The Labute approximate surface area is 384 Å². The summed E-state index contributed by atoms with van der Waals surface area (Å²) < 4.78 is 0. The smallest absolute Gasteiger partial charge is 0.405 e. The quantitative estimate of drug-likeness (QED) is 0.0314. The minimum atomic E-state index is -1.72. The number of rotatable bonds is 26. The lowest BCUT2D eigenvalue weighted by Gasteiger charge is -2.27. The fourth-order valence-corrected chi connectivity index (χ4v) is 8.55. The highest BCUT2D eigenvalue weighted by Gasteiger charge is 2.44. The average molecular weight is 957 g/mol. The van der Waals surface area contributed by atoms with Crippen LogP contribution in [0, 0.1) is 11.8 Å². The maximum atomic E-state index is 13.3. The monoisotopic (exact) mass is 956 g/mol. The fourth-order valence-electron chi connectivity index (χ4n) is 6.20. The lowest BCUT2D eigenvalue weighted by molar-refractivity contribution is -0.145. The highest BCUT2D eigenvalue weighted by Crippen LogP contribution is 2.27. The normalized spacial score (nSPS) is 19.4. The molecule has 0 aliphatic carbocycles. The molecule has 0 radical (unpaired) electrons. The first-order valence-corrected chi connectivity index (χ1v) is 22.7. The van der Waals surface area contributed by atoms with Gasteiger partial charge in [0.15, 0.2) is 0 Å². The van der Waals surface area contributed by atoms with Crippen molar-refractivity contribution in [1.82, 2.24) is 52.6 Å². The van der Waals surface area contributed by atoms with Crippen LogP contribution < -0.4 is 42.6 Å². The molecule has 5 unspecified atom stereocenters. The van der Waals surface area contributed by atoms with Gasteiger partial charge >= 0.3 is 12.1 Å². The number of carbonyl (C=O) groups excluding carboxylic acids is 10. The second-order valence-electron chi connectivity index (χ2n) is 16.0. The van der Waals surface area contributed by atoms with Crippen molar-refractivity contribution in [2.75, 3.05) is 25.1 Å². The predicted octanol–water partition coefficient (Wildman–Crippen LogP) is -2.58. The third-order valence-corrected chi connectivity index (χ3v) is 12.5. The number of nitrogens with zero attached hydrogens (tertiary/aromatic N) is 2. The molecule has 2 heterocycles. The van der Waals surface area contributed by atoms with E-state index < -0.39 is 161 Å². The van der Waals surface area contributed by atoms with Gasteiger partial charge < -0.3 is 47.4 Å². The van der Waals surface area contributed by atoms with Crippen molar-refractivity contribution in [2.45, 2.75) is 121 Å². The molecule has 24 nitrogen and oxygen atoms in total. The van der Waals surface area contributed by atoms with Crippen molar-refractivity contribution < 1.29 is 67.7 Å². The zero-order valence-corrected chi connectivity index (χ0v) is 39.0. The molecule has 11 amide bonds. The molecule has 0 saturated carbocycles. The Morgan fingerprint density at radius 1 is 0.662 bits per heavy atom. The van der Waals surface area contributed by atoms with Crippen LogP contribution in [0.15, 0.2) is 12.7 Å². The number of amides is 11. The standard InChI is InChI=1S/C39H60N10O14S2/c1-10-11-19(6)41-32(54)21(8)43-34(56)29(17(2)3)46-26(50)14-48-27(51)12-24(36(48)58)64-15-22(45-39(62)63)33(55)44-23(38(60)61)16-65-25-13-28(52)49(37(25)59)47-30(18(4)5)35(57)42-20(7)31(53)40-9/h10,17-25,29-30,45,47H,1,11-16H2,2-9H3,(H,40,53)(H,41,54)(H,42,57)(H,43,56)(H,44,55)(H,46,50)(H,60,61)(H,62,63)/t19?,20-,21-,22?,23?,24?,25?,29-,30-/m0/s1. The number of nitrogens with one attached hydrogen (secondary N) is 8. The van der Waals surface area contributed by atoms with E-state index in [0.29, 0.717) is 39.9 Å². The largest absolute Gasteiger partial charge is 0.480 e. The summed E-state index contributed by atoms with van der Waals surface area (Å²) in [6.07, 6.45) is -0.386. The number of imide groups is 2. The van der Waals surface area contributed by atoms with Gasteiger partial charge in [0.2, 0.25) is 53.2 Å². The van der Waals surface area contributed by atoms with Gasteiger partial charge in [-0.3, -0.25) is 52.8 Å². The van der Waals surface area contributed by atoms with Crippen LogP contribution in [0.25, 0.3) is 0 Å². The number of aliphatic carboxylic acids is 1. The molecule has 0 bridgehead atoms. The number of hydrogen-bond acceptors (Lipinski definition) is 15. The Kier molecular flexibility index (Phi) is 21.9. The van der Waals surface area contributed by atoms with Crippen LogP contribution in [0.5, 0.6) is 0 Å². The first-order chi connectivity index (χ1) is 30.3. The van der Waals surface area contributed by atoms with Gasteiger partial charge in [-0.2, -0.15) is 0 Å². The Morgan fingerprint density at radius 2 is 1.18 bits per heavy atom.